The van der Waals surface area contributed by atoms with Gasteiger partial charge in [-0.3, -0.25) is 4.79 Å². The van der Waals surface area contributed by atoms with Crippen LogP contribution in [0.2, 0.25) is 0 Å². The number of aldehydes is 1. The van der Waals surface area contributed by atoms with Crippen molar-refractivity contribution < 1.29 is 28.2 Å². The molecule has 1 saturated heterocycles. The molecule has 3 rings (SSSR count). The van der Waals surface area contributed by atoms with Gasteiger partial charge in [-0.1, -0.05) is 6.07 Å². The third-order valence-corrected chi connectivity index (χ3v) is 6.20. The number of hydrogen-bond acceptors (Lipinski definition) is 6. The third-order valence-electron chi connectivity index (χ3n) is 6.20. The number of halogens is 1. The predicted octanol–water partition coefficient (Wildman–Crippen LogP) is 4.09. The van der Waals surface area contributed by atoms with Gasteiger partial charge in [0.2, 0.25) is 0 Å². The van der Waals surface area contributed by atoms with Crippen molar-refractivity contribution in [1.29, 1.82) is 0 Å². The topological polar surface area (TPSA) is 85.9 Å². The highest BCUT2D eigenvalue weighted by molar-refractivity contribution is 5.68. The largest absolute Gasteiger partial charge is 0.486 e. The van der Waals surface area contributed by atoms with Gasteiger partial charge in [-0.05, 0) is 83.9 Å². The zero-order chi connectivity index (χ0) is 23.8. The quantitative estimate of drug-likeness (QED) is 0.564. The van der Waals surface area contributed by atoms with Crippen molar-refractivity contribution in [3.8, 4) is 5.75 Å². The minimum absolute atomic E-state index is 0.0268. The Morgan fingerprint density at radius 2 is 1.97 bits per heavy atom. The molecule has 2 fully saturated rings. The number of benzene rings is 1. The van der Waals surface area contributed by atoms with E-state index in [1.807, 2.05) is 20.8 Å². The summed E-state index contributed by atoms with van der Waals surface area (Å²) in [5.74, 6) is 0.209. The smallest absolute Gasteiger partial charge is 0.407 e. The Balaban J connectivity index is 1.50. The van der Waals surface area contributed by atoms with E-state index in [2.05, 4.69) is 10.6 Å². The summed E-state index contributed by atoms with van der Waals surface area (Å²) >= 11 is 0. The molecule has 2 atom stereocenters. The molecule has 8 heteroatoms. The van der Waals surface area contributed by atoms with E-state index in [1.54, 1.807) is 12.1 Å². The second-order valence-corrected chi connectivity index (χ2v) is 9.89. The van der Waals surface area contributed by atoms with Crippen molar-refractivity contribution >= 4 is 12.4 Å². The summed E-state index contributed by atoms with van der Waals surface area (Å²) in [4.78, 5) is 22.9. The van der Waals surface area contributed by atoms with Crippen LogP contribution in [0, 0.1) is 5.82 Å². The van der Waals surface area contributed by atoms with Crippen molar-refractivity contribution in [2.75, 3.05) is 19.8 Å². The fourth-order valence-corrected chi connectivity index (χ4v) is 4.68. The Morgan fingerprint density at radius 3 is 2.67 bits per heavy atom. The van der Waals surface area contributed by atoms with E-state index >= 15 is 0 Å². The van der Waals surface area contributed by atoms with Crippen LogP contribution < -0.4 is 15.4 Å². The molecule has 0 aromatic heterocycles. The van der Waals surface area contributed by atoms with Crippen LogP contribution in [-0.2, 0) is 14.3 Å². The van der Waals surface area contributed by atoms with Crippen LogP contribution in [0.25, 0.3) is 0 Å². The molecule has 1 heterocycles. The number of rotatable bonds is 8. The fraction of sp³-hybridized carbons (Fsp3) is 0.680. The Morgan fingerprint density at radius 1 is 1.21 bits per heavy atom. The first-order valence-electron chi connectivity index (χ1n) is 12.0. The second-order valence-electron chi connectivity index (χ2n) is 9.89. The van der Waals surface area contributed by atoms with E-state index in [9.17, 15) is 14.0 Å². The normalized spacial score (nSPS) is 25.8. The van der Waals surface area contributed by atoms with Gasteiger partial charge in [-0.2, -0.15) is 0 Å². The van der Waals surface area contributed by atoms with Crippen LogP contribution in [-0.4, -0.2) is 55.9 Å². The molecule has 184 valence electrons. The number of hydrogen-bond donors (Lipinski definition) is 2. The number of carbonyl (C=O) groups excluding carboxylic acids is 2. The van der Waals surface area contributed by atoms with E-state index in [0.717, 1.165) is 45.1 Å². The third kappa shape index (κ3) is 7.67. The molecule has 7 nitrogen and oxygen atoms in total. The molecule has 0 spiro atoms. The lowest BCUT2D eigenvalue weighted by Crippen LogP contribution is -2.56. The number of carbonyl (C=O) groups is 2. The molecule has 2 N–H and O–H groups in total. The molecular formula is C25H37FN2O5. The molecule has 1 saturated carbocycles. The van der Waals surface area contributed by atoms with Gasteiger partial charge in [0.25, 0.3) is 0 Å². The average molecular weight is 465 g/mol. The van der Waals surface area contributed by atoms with Crippen molar-refractivity contribution in [3.05, 3.63) is 29.6 Å². The number of piperidine rings is 1. The molecule has 1 aromatic carbocycles. The van der Waals surface area contributed by atoms with Gasteiger partial charge >= 0.3 is 6.09 Å². The van der Waals surface area contributed by atoms with Gasteiger partial charge in [0.05, 0.1) is 18.8 Å². The fourth-order valence-electron chi connectivity index (χ4n) is 4.68. The van der Waals surface area contributed by atoms with Crippen molar-refractivity contribution in [2.45, 2.75) is 89.0 Å². The summed E-state index contributed by atoms with van der Waals surface area (Å²) in [6.07, 6.45) is 5.46. The summed E-state index contributed by atoms with van der Waals surface area (Å²) in [6.45, 7) is 6.86. The number of alkyl carbamates (subject to hydrolysis) is 1. The molecular weight excluding hydrogens is 427 g/mol. The van der Waals surface area contributed by atoms with Crippen molar-refractivity contribution in [3.63, 3.8) is 0 Å². The highest BCUT2D eigenvalue weighted by atomic mass is 19.1. The lowest BCUT2D eigenvalue weighted by Gasteiger charge is -2.36. The van der Waals surface area contributed by atoms with Crippen LogP contribution in [0.5, 0.6) is 5.75 Å². The van der Waals surface area contributed by atoms with E-state index in [-0.39, 0.29) is 36.5 Å². The number of ether oxygens (including phenoxy) is 3. The summed E-state index contributed by atoms with van der Waals surface area (Å²) in [6, 6.07) is 4.75. The van der Waals surface area contributed by atoms with Crippen LogP contribution in [0.4, 0.5) is 9.18 Å². The summed E-state index contributed by atoms with van der Waals surface area (Å²) in [5.41, 5.74) is 0.0288. The predicted molar refractivity (Wildman–Crippen MR) is 123 cm³/mol. The molecule has 2 unspecified atom stereocenters. The van der Waals surface area contributed by atoms with E-state index in [1.165, 1.54) is 6.07 Å². The highest BCUT2D eigenvalue weighted by Crippen LogP contribution is 2.39. The maximum absolute atomic E-state index is 14.5. The lowest BCUT2D eigenvalue weighted by molar-refractivity contribution is -0.109. The molecule has 1 aliphatic carbocycles. The Kier molecular flexibility index (Phi) is 9.09. The molecule has 0 bridgehead atoms. The van der Waals surface area contributed by atoms with E-state index in [4.69, 9.17) is 14.2 Å². The second kappa shape index (κ2) is 11.8. The van der Waals surface area contributed by atoms with E-state index < -0.39 is 11.7 Å². The maximum Gasteiger partial charge on any atom is 0.407 e. The van der Waals surface area contributed by atoms with Gasteiger partial charge in [0.1, 0.15) is 23.8 Å². The molecule has 1 aromatic rings. The first-order chi connectivity index (χ1) is 15.8. The van der Waals surface area contributed by atoms with Crippen LogP contribution in [0.15, 0.2) is 18.2 Å². The number of nitrogens with one attached hydrogen (secondary N) is 2. The highest BCUT2D eigenvalue weighted by Gasteiger charge is 2.31. The summed E-state index contributed by atoms with van der Waals surface area (Å²) in [7, 11) is 0. The average Bonchev–Trinajstić information content (AvgIpc) is 2.76. The van der Waals surface area contributed by atoms with Gasteiger partial charge in [0.15, 0.2) is 6.29 Å². The van der Waals surface area contributed by atoms with Gasteiger partial charge in [-0.15, -0.1) is 0 Å². The first-order valence-corrected chi connectivity index (χ1v) is 12.0. The summed E-state index contributed by atoms with van der Waals surface area (Å²) < 4.78 is 31.6. The minimum Gasteiger partial charge on any atom is -0.486 e. The van der Waals surface area contributed by atoms with Crippen LogP contribution in [0.1, 0.15) is 70.8 Å². The van der Waals surface area contributed by atoms with Crippen molar-refractivity contribution in [2.24, 2.45) is 0 Å². The van der Waals surface area contributed by atoms with E-state index in [0.29, 0.717) is 24.2 Å². The molecule has 33 heavy (non-hydrogen) atoms. The van der Waals surface area contributed by atoms with Gasteiger partial charge in [-0.25, -0.2) is 9.18 Å². The minimum atomic E-state index is -0.535. The SMILES string of the molecule is CC(C)(C)OC(=O)NC1CCCNC1CO[C@H]1CC[C@@H](c2c(F)cccc2OCC=O)CC1. The Labute approximate surface area is 195 Å². The van der Waals surface area contributed by atoms with Gasteiger partial charge in [0, 0.05) is 11.6 Å². The molecule has 1 amide bonds. The zero-order valence-corrected chi connectivity index (χ0v) is 19.9. The van der Waals surface area contributed by atoms with Crippen LogP contribution >= 0.6 is 0 Å². The summed E-state index contributed by atoms with van der Waals surface area (Å²) in [5, 5.41) is 6.44. The standard InChI is InChI=1S/C25H37FN2O5/c1-25(2,3)33-24(30)28-20-7-5-13-27-21(20)16-32-18-11-9-17(10-12-18)23-19(26)6-4-8-22(23)31-15-14-29/h4,6,8,14,17-18,20-21,27H,5,7,9-13,15-16H2,1-3H3,(H,28,30)/t17-,18+,20?,21?. The monoisotopic (exact) mass is 464 g/mol. The van der Waals surface area contributed by atoms with Crippen molar-refractivity contribution in [1.82, 2.24) is 10.6 Å². The first kappa shape index (κ1) is 25.4. The Hall–Kier alpha value is -2.19. The maximum atomic E-state index is 14.5. The van der Waals surface area contributed by atoms with Gasteiger partial charge < -0.3 is 24.8 Å². The molecule has 1 aliphatic heterocycles. The van der Waals surface area contributed by atoms with Crippen LogP contribution in [0.3, 0.4) is 0 Å². The molecule has 0 radical (unpaired) electrons. The Bertz CT molecular complexity index is 789. The lowest BCUT2D eigenvalue weighted by atomic mass is 9.82. The zero-order valence-electron chi connectivity index (χ0n) is 19.9. The number of amides is 1. The molecule has 2 aliphatic rings.